The Balaban J connectivity index is 1.18. The van der Waals surface area contributed by atoms with Crippen molar-refractivity contribution in [3.63, 3.8) is 0 Å². The third-order valence-corrected chi connectivity index (χ3v) is 20.6. The fourth-order valence-corrected chi connectivity index (χ4v) is 15.3. The van der Waals surface area contributed by atoms with Crippen LogP contribution in [-0.4, -0.2) is 12.3 Å². The summed E-state index contributed by atoms with van der Waals surface area (Å²) >= 11 is 0. The molecule has 3 atom stereocenters. The lowest BCUT2D eigenvalue weighted by molar-refractivity contribution is 0.195. The number of allylic oxidation sites excluding steroid dienone is 2. The molecule has 1 saturated carbocycles. The summed E-state index contributed by atoms with van der Waals surface area (Å²) < 4.78 is 0. The summed E-state index contributed by atoms with van der Waals surface area (Å²) in [7, 11) is 0. The van der Waals surface area contributed by atoms with E-state index >= 15 is 0 Å². The van der Waals surface area contributed by atoms with Crippen LogP contribution in [0.4, 0.5) is 45.5 Å². The SMILES string of the molecule is CC(C)(C)c1ccc(N2c3ccc(C(C)(C)C)cc3B3c4cc5c(cc4N(c4ccc(C(C)(C)C)cc4-c4ccccc4)c4cc(N6c7ccc(C8C=CC=CN8)cc7C7(C)CCCCC67C)cc2c43)C(C)(C)CCC5(C)C)cc1. The Morgan fingerprint density at radius 1 is 0.475 bits per heavy atom. The summed E-state index contributed by atoms with van der Waals surface area (Å²) in [5, 5.41) is 3.67. The third-order valence-electron chi connectivity index (χ3n) is 20.6. The summed E-state index contributed by atoms with van der Waals surface area (Å²) in [4.78, 5) is 8.27. The van der Waals surface area contributed by atoms with E-state index < -0.39 is 0 Å². The topological polar surface area (TPSA) is 21.8 Å². The fraction of sp³-hybridized carbons (Fsp3) is 0.387. The van der Waals surface area contributed by atoms with E-state index in [1.165, 1.54) is 125 Å². The van der Waals surface area contributed by atoms with Crippen molar-refractivity contribution in [2.75, 3.05) is 14.7 Å². The van der Waals surface area contributed by atoms with Crippen molar-refractivity contribution in [3.05, 3.63) is 197 Å². The number of fused-ring (bicyclic) bond motifs is 8. The van der Waals surface area contributed by atoms with Gasteiger partial charge in [0.1, 0.15) is 0 Å². The predicted molar refractivity (Wildman–Crippen MR) is 344 cm³/mol. The average Bonchev–Trinajstić information content (AvgIpc) is 3.81. The first-order chi connectivity index (χ1) is 37.8. The van der Waals surface area contributed by atoms with Gasteiger partial charge in [0.15, 0.2) is 0 Å². The highest BCUT2D eigenvalue weighted by atomic mass is 15.3. The molecule has 4 heterocycles. The van der Waals surface area contributed by atoms with Crippen LogP contribution in [0.3, 0.4) is 0 Å². The number of anilines is 8. The molecule has 3 unspecified atom stereocenters. The van der Waals surface area contributed by atoms with E-state index in [1.54, 1.807) is 0 Å². The smallest absolute Gasteiger partial charge is 0.252 e. The largest absolute Gasteiger partial charge is 0.381 e. The van der Waals surface area contributed by atoms with Crippen LogP contribution in [0.2, 0.25) is 0 Å². The second kappa shape index (κ2) is 17.9. The zero-order chi connectivity index (χ0) is 56.3. The van der Waals surface area contributed by atoms with E-state index in [2.05, 4.69) is 282 Å². The van der Waals surface area contributed by atoms with Crippen LogP contribution in [0.15, 0.2) is 158 Å². The Labute approximate surface area is 480 Å². The van der Waals surface area contributed by atoms with Crippen molar-refractivity contribution >= 4 is 68.6 Å². The quantitative estimate of drug-likeness (QED) is 0.173. The molecule has 5 heteroatoms. The fourth-order valence-electron chi connectivity index (χ4n) is 15.3. The van der Waals surface area contributed by atoms with Crippen LogP contribution < -0.4 is 36.4 Å². The molecule has 2 aliphatic carbocycles. The van der Waals surface area contributed by atoms with Crippen LogP contribution in [0.25, 0.3) is 11.1 Å². The monoisotopic (exact) mass is 1050 g/mol. The third kappa shape index (κ3) is 8.04. The maximum absolute atomic E-state index is 3.67. The van der Waals surface area contributed by atoms with Gasteiger partial charge in [-0.25, -0.2) is 0 Å². The first-order valence-corrected chi connectivity index (χ1v) is 30.2. The van der Waals surface area contributed by atoms with Crippen molar-refractivity contribution < 1.29 is 0 Å². The molecule has 13 rings (SSSR count). The molecule has 0 saturated heterocycles. The van der Waals surface area contributed by atoms with E-state index in [1.807, 2.05) is 0 Å². The van der Waals surface area contributed by atoms with Gasteiger partial charge >= 0.3 is 0 Å². The van der Waals surface area contributed by atoms with E-state index in [9.17, 15) is 0 Å². The van der Waals surface area contributed by atoms with Crippen LogP contribution >= 0.6 is 0 Å². The molecule has 0 aromatic heterocycles. The van der Waals surface area contributed by atoms with Gasteiger partial charge in [0.05, 0.1) is 17.3 Å². The molecule has 0 spiro atoms. The summed E-state index contributed by atoms with van der Waals surface area (Å²) in [5.74, 6) is 0. The van der Waals surface area contributed by atoms with E-state index in [4.69, 9.17) is 0 Å². The maximum atomic E-state index is 3.67. The van der Waals surface area contributed by atoms with E-state index in [-0.39, 0.29) is 50.8 Å². The number of dihydropyridines is 1. The highest BCUT2D eigenvalue weighted by Gasteiger charge is 2.58. The lowest BCUT2D eigenvalue weighted by Crippen LogP contribution is -2.62. The zero-order valence-electron chi connectivity index (χ0n) is 50.8. The van der Waals surface area contributed by atoms with Crippen LogP contribution in [0, 0.1) is 0 Å². The summed E-state index contributed by atoms with van der Waals surface area (Å²) in [6, 6.07) is 54.1. The summed E-state index contributed by atoms with van der Waals surface area (Å²) in [6.45, 7) is 36.4. The molecule has 0 bridgehead atoms. The number of hydrogen-bond acceptors (Lipinski definition) is 4. The predicted octanol–water partition coefficient (Wildman–Crippen LogP) is 18.1. The Morgan fingerprint density at radius 3 is 1.71 bits per heavy atom. The minimum absolute atomic E-state index is 0.00550. The molecule has 4 aliphatic heterocycles. The van der Waals surface area contributed by atoms with Gasteiger partial charge in [0.2, 0.25) is 0 Å². The number of hydrogen-bond donors (Lipinski definition) is 1. The molecule has 6 aliphatic rings. The van der Waals surface area contributed by atoms with Crippen LogP contribution in [-0.2, 0) is 32.5 Å². The lowest BCUT2D eigenvalue weighted by Gasteiger charge is -2.51. The van der Waals surface area contributed by atoms with Gasteiger partial charge in [-0.2, -0.15) is 0 Å². The molecular weight excluding hydrogens is 968 g/mol. The Kier molecular flexibility index (Phi) is 11.8. The summed E-state index contributed by atoms with van der Waals surface area (Å²) in [5.41, 5.74) is 26.2. The van der Waals surface area contributed by atoms with E-state index in [0.29, 0.717) is 0 Å². The molecule has 80 heavy (non-hydrogen) atoms. The van der Waals surface area contributed by atoms with Gasteiger partial charge in [0, 0.05) is 50.8 Å². The molecule has 0 amide bonds. The zero-order valence-corrected chi connectivity index (χ0v) is 50.8. The number of rotatable bonds is 5. The van der Waals surface area contributed by atoms with Gasteiger partial charge in [-0.15, -0.1) is 0 Å². The molecular formula is C75H85BN4. The number of benzene rings is 7. The lowest BCUT2D eigenvalue weighted by atomic mass is 9.33. The van der Waals surface area contributed by atoms with Crippen LogP contribution in [0.5, 0.6) is 0 Å². The molecule has 1 N–H and O–H groups in total. The maximum Gasteiger partial charge on any atom is 0.252 e. The Bertz CT molecular complexity index is 3710. The van der Waals surface area contributed by atoms with Gasteiger partial charge in [0.25, 0.3) is 6.71 Å². The van der Waals surface area contributed by atoms with Gasteiger partial charge in [-0.05, 0) is 187 Å². The van der Waals surface area contributed by atoms with Crippen molar-refractivity contribution in [1.29, 1.82) is 0 Å². The highest BCUT2D eigenvalue weighted by Crippen LogP contribution is 2.63. The second-order valence-electron chi connectivity index (χ2n) is 29.7. The number of nitrogens with one attached hydrogen (secondary N) is 1. The Morgan fingerprint density at radius 2 is 1.06 bits per heavy atom. The van der Waals surface area contributed by atoms with Crippen LogP contribution in [0.1, 0.15) is 187 Å². The van der Waals surface area contributed by atoms with Gasteiger partial charge < -0.3 is 20.0 Å². The standard InChI is InChI=1S/C75H85BN4/c1-69(2,3)50-27-31-53(32-28-50)78-64-35-30-52(71(7,8)9)43-59(64)76-60-46-56-57(73(12,13)39-38-72(56,10)11)47-65(60)79(62-34-29-51(70(4,5)6)42-55(62)48-23-17-16-18-24-48)67-45-54(44-66(78)68(67)76)80-63-33-26-49(61-25-19-22-40-77-61)41-58(63)74(14)36-20-21-37-75(74,80)15/h16-19,22-35,40-47,61,77H,20-21,36-39H2,1-15H3. The van der Waals surface area contributed by atoms with Crippen molar-refractivity contribution in [2.24, 2.45) is 0 Å². The molecule has 7 aromatic rings. The van der Waals surface area contributed by atoms with Gasteiger partial charge in [-0.1, -0.05) is 201 Å². The minimum Gasteiger partial charge on any atom is -0.381 e. The average molecular weight is 1050 g/mol. The van der Waals surface area contributed by atoms with Gasteiger partial charge in [-0.3, -0.25) is 0 Å². The first-order valence-electron chi connectivity index (χ1n) is 30.2. The van der Waals surface area contributed by atoms with Crippen molar-refractivity contribution in [1.82, 2.24) is 5.32 Å². The molecule has 7 aromatic carbocycles. The normalized spacial score (nSPS) is 22.2. The molecule has 4 nitrogen and oxygen atoms in total. The molecule has 0 radical (unpaired) electrons. The minimum atomic E-state index is -0.189. The molecule has 1 fully saturated rings. The van der Waals surface area contributed by atoms with Crippen molar-refractivity contribution in [2.45, 2.75) is 186 Å². The summed E-state index contributed by atoms with van der Waals surface area (Å²) in [6.07, 6.45) is 15.7. The van der Waals surface area contributed by atoms with Crippen molar-refractivity contribution in [3.8, 4) is 11.1 Å². The van der Waals surface area contributed by atoms with E-state index in [0.717, 1.165) is 25.7 Å². The number of nitrogens with zero attached hydrogens (tertiary/aromatic N) is 3. The molecule has 408 valence electrons. The second-order valence-corrected chi connectivity index (χ2v) is 29.7. The highest BCUT2D eigenvalue weighted by molar-refractivity contribution is 7.00. The first kappa shape index (κ1) is 52.6. The Hall–Kier alpha value is -6.72.